The number of carboxylic acid groups (broad SMARTS) is 1. The van der Waals surface area contributed by atoms with Crippen LogP contribution in [-0.4, -0.2) is 28.0 Å². The monoisotopic (exact) mass is 234 g/mol. The van der Waals surface area contributed by atoms with Gasteiger partial charge in [0.1, 0.15) is 11.6 Å². The van der Waals surface area contributed by atoms with E-state index in [0.29, 0.717) is 16.7 Å². The second kappa shape index (κ2) is 4.25. The Labute approximate surface area is 96.3 Å². The number of carbonyl (C=O) groups is 2. The van der Waals surface area contributed by atoms with Crippen LogP contribution in [0.2, 0.25) is 0 Å². The summed E-state index contributed by atoms with van der Waals surface area (Å²) in [6.45, 7) is 1.40. The van der Waals surface area contributed by atoms with E-state index in [1.807, 2.05) is 0 Å². The molecule has 0 radical (unpaired) electrons. The molecule has 0 bridgehead atoms. The van der Waals surface area contributed by atoms with Crippen molar-refractivity contribution in [3.63, 3.8) is 0 Å². The first kappa shape index (κ1) is 11.1. The van der Waals surface area contributed by atoms with Gasteiger partial charge in [-0.1, -0.05) is 0 Å². The fourth-order valence-electron chi connectivity index (χ4n) is 1.34. The van der Waals surface area contributed by atoms with Crippen molar-refractivity contribution in [2.45, 2.75) is 13.0 Å². The van der Waals surface area contributed by atoms with E-state index in [4.69, 9.17) is 9.52 Å². The molecule has 88 valence electrons. The largest absolute Gasteiger partial charge is 0.480 e. The average molecular weight is 234 g/mol. The average Bonchev–Trinajstić information content (AvgIpc) is 2.75. The maximum Gasteiger partial charge on any atom is 0.325 e. The van der Waals surface area contributed by atoms with Gasteiger partial charge in [0.05, 0.1) is 0 Å². The Bertz CT molecular complexity index is 576. The lowest BCUT2D eigenvalue weighted by Gasteiger charge is -2.08. The summed E-state index contributed by atoms with van der Waals surface area (Å²) in [7, 11) is 0. The number of oxazole rings is 1. The first-order valence-corrected chi connectivity index (χ1v) is 4.95. The van der Waals surface area contributed by atoms with E-state index < -0.39 is 17.9 Å². The fourth-order valence-corrected chi connectivity index (χ4v) is 1.34. The molecule has 1 aromatic heterocycles. The minimum atomic E-state index is -1.08. The van der Waals surface area contributed by atoms with E-state index in [9.17, 15) is 9.59 Å². The van der Waals surface area contributed by atoms with Crippen molar-refractivity contribution in [2.75, 3.05) is 0 Å². The summed E-state index contributed by atoms with van der Waals surface area (Å²) in [6.07, 6.45) is 1.28. The van der Waals surface area contributed by atoms with Gasteiger partial charge in [0.15, 0.2) is 12.0 Å². The smallest absolute Gasteiger partial charge is 0.325 e. The second-order valence-corrected chi connectivity index (χ2v) is 3.57. The maximum absolute atomic E-state index is 11.7. The summed E-state index contributed by atoms with van der Waals surface area (Å²) in [5.74, 6) is -1.54. The Balaban J connectivity index is 2.21. The van der Waals surface area contributed by atoms with Crippen LogP contribution in [0.15, 0.2) is 29.0 Å². The van der Waals surface area contributed by atoms with Gasteiger partial charge in [-0.25, -0.2) is 4.98 Å². The van der Waals surface area contributed by atoms with E-state index in [2.05, 4.69) is 10.3 Å². The minimum Gasteiger partial charge on any atom is -0.480 e. The Hall–Kier alpha value is -2.37. The number of hydrogen-bond donors (Lipinski definition) is 2. The minimum absolute atomic E-state index is 0.347. The van der Waals surface area contributed by atoms with E-state index in [0.717, 1.165) is 0 Å². The quantitative estimate of drug-likeness (QED) is 0.827. The maximum atomic E-state index is 11.7. The molecular weight excluding hydrogens is 224 g/mol. The number of nitrogens with one attached hydrogen (secondary N) is 1. The first-order chi connectivity index (χ1) is 8.08. The number of hydrogen-bond acceptors (Lipinski definition) is 4. The molecule has 0 aliphatic heterocycles. The highest BCUT2D eigenvalue weighted by molar-refractivity contribution is 5.98. The molecule has 6 heteroatoms. The number of rotatable bonds is 3. The van der Waals surface area contributed by atoms with Gasteiger partial charge in [0.25, 0.3) is 5.91 Å². The summed E-state index contributed by atoms with van der Waals surface area (Å²) >= 11 is 0. The van der Waals surface area contributed by atoms with Gasteiger partial charge >= 0.3 is 5.97 Å². The summed E-state index contributed by atoms with van der Waals surface area (Å²) in [5.41, 5.74) is 1.48. The number of carbonyl (C=O) groups excluding carboxylic acids is 1. The van der Waals surface area contributed by atoms with Crippen molar-refractivity contribution in [2.24, 2.45) is 0 Å². The molecule has 0 fully saturated rings. The van der Waals surface area contributed by atoms with Gasteiger partial charge in [0.2, 0.25) is 0 Å². The molecule has 2 N–H and O–H groups in total. The van der Waals surface area contributed by atoms with Crippen LogP contribution in [-0.2, 0) is 4.79 Å². The molecule has 2 aromatic rings. The highest BCUT2D eigenvalue weighted by atomic mass is 16.4. The number of carboxylic acids is 1. The molecule has 1 aromatic carbocycles. The summed E-state index contributed by atoms with van der Waals surface area (Å²) in [5, 5.41) is 11.0. The molecule has 17 heavy (non-hydrogen) atoms. The third-order valence-corrected chi connectivity index (χ3v) is 2.31. The highest BCUT2D eigenvalue weighted by Gasteiger charge is 2.15. The van der Waals surface area contributed by atoms with Gasteiger partial charge in [-0.2, -0.15) is 0 Å². The number of aromatic nitrogens is 1. The Morgan fingerprint density at radius 2 is 2.24 bits per heavy atom. The zero-order chi connectivity index (χ0) is 12.4. The predicted octanol–water partition coefficient (Wildman–Crippen LogP) is 1.03. The molecule has 1 amide bonds. The number of amides is 1. The number of nitrogens with zero attached hydrogens (tertiary/aromatic N) is 1. The zero-order valence-corrected chi connectivity index (χ0v) is 9.01. The van der Waals surface area contributed by atoms with Crippen LogP contribution in [0.5, 0.6) is 0 Å². The Kier molecular flexibility index (Phi) is 2.78. The molecule has 1 heterocycles. The van der Waals surface area contributed by atoms with Crippen molar-refractivity contribution < 1.29 is 19.1 Å². The van der Waals surface area contributed by atoms with Crippen LogP contribution < -0.4 is 5.32 Å². The van der Waals surface area contributed by atoms with Crippen LogP contribution in [0.1, 0.15) is 17.3 Å². The lowest BCUT2D eigenvalue weighted by Crippen LogP contribution is -2.38. The van der Waals surface area contributed by atoms with Gasteiger partial charge in [-0.05, 0) is 25.1 Å². The van der Waals surface area contributed by atoms with Gasteiger partial charge < -0.3 is 14.8 Å². The Morgan fingerprint density at radius 3 is 2.94 bits per heavy atom. The third-order valence-electron chi connectivity index (χ3n) is 2.31. The van der Waals surface area contributed by atoms with Crippen molar-refractivity contribution in [1.29, 1.82) is 0 Å². The molecule has 0 spiro atoms. The molecule has 0 saturated carbocycles. The SMILES string of the molecule is CC(NC(=O)c1ccc2ocnc2c1)C(=O)O. The van der Waals surface area contributed by atoms with E-state index in [1.54, 1.807) is 18.2 Å². The third kappa shape index (κ3) is 2.25. The molecule has 0 aliphatic rings. The summed E-state index contributed by atoms with van der Waals surface area (Å²) < 4.78 is 5.04. The van der Waals surface area contributed by atoms with Crippen LogP contribution in [0.3, 0.4) is 0 Å². The van der Waals surface area contributed by atoms with Crippen LogP contribution >= 0.6 is 0 Å². The van der Waals surface area contributed by atoms with E-state index >= 15 is 0 Å². The lowest BCUT2D eigenvalue weighted by molar-refractivity contribution is -0.138. The van der Waals surface area contributed by atoms with Crippen LogP contribution in [0.25, 0.3) is 11.1 Å². The standard InChI is InChI=1S/C11H10N2O4/c1-6(11(15)16)13-10(14)7-2-3-9-8(4-7)12-5-17-9/h2-6H,1H3,(H,13,14)(H,15,16). The summed E-state index contributed by atoms with van der Waals surface area (Å²) in [6, 6.07) is 3.78. The topological polar surface area (TPSA) is 92.4 Å². The van der Waals surface area contributed by atoms with Gasteiger partial charge in [-0.3, -0.25) is 9.59 Å². The number of aliphatic carboxylic acids is 1. The zero-order valence-electron chi connectivity index (χ0n) is 9.01. The number of fused-ring (bicyclic) bond motifs is 1. The Morgan fingerprint density at radius 1 is 1.47 bits per heavy atom. The van der Waals surface area contributed by atoms with Crippen molar-refractivity contribution >= 4 is 23.0 Å². The van der Waals surface area contributed by atoms with E-state index in [1.165, 1.54) is 13.3 Å². The van der Waals surface area contributed by atoms with Crippen LogP contribution in [0, 0.1) is 0 Å². The van der Waals surface area contributed by atoms with Gasteiger partial charge in [-0.15, -0.1) is 0 Å². The van der Waals surface area contributed by atoms with Crippen LogP contribution in [0.4, 0.5) is 0 Å². The molecule has 6 nitrogen and oxygen atoms in total. The molecule has 1 unspecified atom stereocenters. The predicted molar refractivity (Wildman–Crippen MR) is 58.6 cm³/mol. The normalized spacial score (nSPS) is 12.3. The van der Waals surface area contributed by atoms with Crippen molar-refractivity contribution in [1.82, 2.24) is 10.3 Å². The van der Waals surface area contributed by atoms with E-state index in [-0.39, 0.29) is 0 Å². The first-order valence-electron chi connectivity index (χ1n) is 4.95. The highest BCUT2D eigenvalue weighted by Crippen LogP contribution is 2.14. The lowest BCUT2D eigenvalue weighted by atomic mass is 10.2. The molecule has 1 atom stereocenters. The second-order valence-electron chi connectivity index (χ2n) is 3.57. The fraction of sp³-hybridized carbons (Fsp3) is 0.182. The molecule has 0 saturated heterocycles. The van der Waals surface area contributed by atoms with Gasteiger partial charge in [0, 0.05) is 5.56 Å². The number of benzene rings is 1. The molecular formula is C11H10N2O4. The van der Waals surface area contributed by atoms with Crippen molar-refractivity contribution in [3.8, 4) is 0 Å². The summed E-state index contributed by atoms with van der Waals surface area (Å²) in [4.78, 5) is 26.2. The molecule has 2 rings (SSSR count). The van der Waals surface area contributed by atoms with Crippen molar-refractivity contribution in [3.05, 3.63) is 30.2 Å². The molecule has 0 aliphatic carbocycles.